The van der Waals surface area contributed by atoms with Crippen LogP contribution in [0.1, 0.15) is 37.7 Å². The summed E-state index contributed by atoms with van der Waals surface area (Å²) < 4.78 is 10.6. The zero-order valence-electron chi connectivity index (χ0n) is 17.7. The van der Waals surface area contributed by atoms with Gasteiger partial charge < -0.3 is 25.4 Å². The summed E-state index contributed by atoms with van der Waals surface area (Å²) in [7, 11) is 7.59. The maximum atomic E-state index is 6.09. The summed E-state index contributed by atoms with van der Waals surface area (Å²) in [6, 6.07) is 6.44. The molecule has 0 saturated heterocycles. The Morgan fingerprint density at radius 3 is 2.46 bits per heavy atom. The molecular formula is C21H37IN4O2. The van der Waals surface area contributed by atoms with Crippen molar-refractivity contribution in [2.45, 2.75) is 44.6 Å². The van der Waals surface area contributed by atoms with Gasteiger partial charge in [0.2, 0.25) is 0 Å². The Kier molecular flexibility index (Phi) is 11.6. The highest BCUT2D eigenvalue weighted by atomic mass is 127. The lowest BCUT2D eigenvalue weighted by Crippen LogP contribution is -2.40. The van der Waals surface area contributed by atoms with Gasteiger partial charge in [-0.15, -0.1) is 24.0 Å². The van der Waals surface area contributed by atoms with Gasteiger partial charge in [0, 0.05) is 12.6 Å². The summed E-state index contributed by atoms with van der Waals surface area (Å²) in [5, 5.41) is 3.23. The van der Waals surface area contributed by atoms with E-state index in [4.69, 9.17) is 15.2 Å². The second-order valence-electron chi connectivity index (χ2n) is 7.52. The lowest BCUT2D eigenvalue weighted by Gasteiger charge is -2.33. The van der Waals surface area contributed by atoms with E-state index in [2.05, 4.69) is 29.3 Å². The SMILES string of the molecule is COc1ccc(CCNC(N)=NCC(C2CCCCC2)N(C)C)cc1OC.I. The van der Waals surface area contributed by atoms with Crippen LogP contribution in [-0.4, -0.2) is 58.3 Å². The second-order valence-corrected chi connectivity index (χ2v) is 7.52. The Morgan fingerprint density at radius 1 is 1.18 bits per heavy atom. The minimum atomic E-state index is 0. The number of ether oxygens (including phenoxy) is 2. The Labute approximate surface area is 187 Å². The number of methoxy groups -OCH3 is 2. The Hall–Kier alpha value is -1.22. The van der Waals surface area contributed by atoms with Crippen molar-refractivity contribution in [2.75, 3.05) is 41.4 Å². The van der Waals surface area contributed by atoms with Crippen LogP contribution in [-0.2, 0) is 6.42 Å². The van der Waals surface area contributed by atoms with Crippen LogP contribution in [0.2, 0.25) is 0 Å². The van der Waals surface area contributed by atoms with E-state index in [0.717, 1.165) is 36.9 Å². The quantitative estimate of drug-likeness (QED) is 0.307. The molecule has 3 N–H and O–H groups in total. The summed E-state index contributed by atoms with van der Waals surface area (Å²) in [6.07, 6.45) is 7.53. The molecule has 1 aromatic rings. The van der Waals surface area contributed by atoms with Crippen LogP contribution in [0.4, 0.5) is 0 Å². The number of guanidine groups is 1. The molecule has 1 unspecified atom stereocenters. The van der Waals surface area contributed by atoms with Crippen molar-refractivity contribution in [1.29, 1.82) is 0 Å². The fourth-order valence-electron chi connectivity index (χ4n) is 3.87. The van der Waals surface area contributed by atoms with Crippen molar-refractivity contribution < 1.29 is 9.47 Å². The number of halogens is 1. The molecule has 6 nitrogen and oxygen atoms in total. The summed E-state index contributed by atoms with van der Waals surface area (Å²) in [5.41, 5.74) is 7.26. The smallest absolute Gasteiger partial charge is 0.188 e. The minimum Gasteiger partial charge on any atom is -0.493 e. The van der Waals surface area contributed by atoms with E-state index in [1.54, 1.807) is 14.2 Å². The number of nitrogens with two attached hydrogens (primary N) is 1. The highest BCUT2D eigenvalue weighted by molar-refractivity contribution is 14.0. The lowest BCUT2D eigenvalue weighted by atomic mass is 9.83. The summed E-state index contributed by atoms with van der Waals surface area (Å²) in [6.45, 7) is 1.49. The molecule has 1 fully saturated rings. The van der Waals surface area contributed by atoms with E-state index in [1.165, 1.54) is 37.7 Å². The van der Waals surface area contributed by atoms with Gasteiger partial charge in [-0.1, -0.05) is 25.3 Å². The molecule has 7 heteroatoms. The van der Waals surface area contributed by atoms with E-state index in [0.29, 0.717) is 12.0 Å². The summed E-state index contributed by atoms with van der Waals surface area (Å²) in [4.78, 5) is 6.91. The molecular weight excluding hydrogens is 467 g/mol. The molecule has 160 valence electrons. The van der Waals surface area contributed by atoms with Gasteiger partial charge in [0.25, 0.3) is 0 Å². The van der Waals surface area contributed by atoms with Crippen LogP contribution < -0.4 is 20.5 Å². The molecule has 1 saturated carbocycles. The van der Waals surface area contributed by atoms with Crippen LogP contribution in [0.25, 0.3) is 0 Å². The number of rotatable bonds is 9. The number of nitrogens with zero attached hydrogens (tertiary/aromatic N) is 2. The summed E-state index contributed by atoms with van der Waals surface area (Å²) in [5.74, 6) is 2.75. The molecule has 0 amide bonds. The van der Waals surface area contributed by atoms with E-state index < -0.39 is 0 Å². The van der Waals surface area contributed by atoms with Gasteiger partial charge in [0.1, 0.15) is 0 Å². The number of hydrogen-bond donors (Lipinski definition) is 2. The molecule has 0 spiro atoms. The second kappa shape index (κ2) is 13.1. The Morgan fingerprint density at radius 2 is 1.86 bits per heavy atom. The number of likely N-dealkylation sites (N-methyl/N-ethyl adjacent to an activating group) is 1. The molecule has 1 aliphatic carbocycles. The van der Waals surface area contributed by atoms with Crippen LogP contribution in [0, 0.1) is 5.92 Å². The number of aliphatic imine (C=N–C) groups is 1. The van der Waals surface area contributed by atoms with Crippen LogP contribution in [0.15, 0.2) is 23.2 Å². The van der Waals surface area contributed by atoms with Gasteiger partial charge in [0.15, 0.2) is 17.5 Å². The first-order valence-corrected chi connectivity index (χ1v) is 9.96. The molecule has 0 heterocycles. The zero-order valence-corrected chi connectivity index (χ0v) is 20.1. The molecule has 0 bridgehead atoms. The first-order valence-electron chi connectivity index (χ1n) is 9.96. The third-order valence-corrected chi connectivity index (χ3v) is 5.47. The van der Waals surface area contributed by atoms with Gasteiger partial charge in [-0.25, -0.2) is 0 Å². The summed E-state index contributed by atoms with van der Waals surface area (Å²) >= 11 is 0. The lowest BCUT2D eigenvalue weighted by molar-refractivity contribution is 0.176. The Balaban J connectivity index is 0.00000392. The number of nitrogens with one attached hydrogen (secondary N) is 1. The average Bonchev–Trinajstić information content (AvgIpc) is 2.68. The third kappa shape index (κ3) is 7.66. The van der Waals surface area contributed by atoms with Crippen molar-refractivity contribution in [3.8, 4) is 11.5 Å². The molecule has 0 aliphatic heterocycles. The van der Waals surface area contributed by atoms with Gasteiger partial charge in [0.05, 0.1) is 20.8 Å². The number of benzene rings is 1. The van der Waals surface area contributed by atoms with E-state index in [-0.39, 0.29) is 24.0 Å². The van der Waals surface area contributed by atoms with Crippen LogP contribution in [0.3, 0.4) is 0 Å². The predicted octanol–water partition coefficient (Wildman–Crippen LogP) is 3.28. The zero-order chi connectivity index (χ0) is 19.6. The molecule has 2 rings (SSSR count). The van der Waals surface area contributed by atoms with Crippen molar-refractivity contribution >= 4 is 29.9 Å². The molecule has 1 aromatic carbocycles. The van der Waals surface area contributed by atoms with E-state index >= 15 is 0 Å². The fourth-order valence-corrected chi connectivity index (χ4v) is 3.87. The van der Waals surface area contributed by atoms with Crippen LogP contribution >= 0.6 is 24.0 Å². The van der Waals surface area contributed by atoms with Gasteiger partial charge in [-0.2, -0.15) is 0 Å². The van der Waals surface area contributed by atoms with Crippen molar-refractivity contribution in [2.24, 2.45) is 16.6 Å². The molecule has 1 aliphatic rings. The maximum Gasteiger partial charge on any atom is 0.188 e. The molecule has 28 heavy (non-hydrogen) atoms. The van der Waals surface area contributed by atoms with E-state index in [1.807, 2.05) is 18.2 Å². The average molecular weight is 504 g/mol. The third-order valence-electron chi connectivity index (χ3n) is 5.47. The Bertz CT molecular complexity index is 604. The molecule has 0 aromatic heterocycles. The van der Waals surface area contributed by atoms with Crippen molar-refractivity contribution in [1.82, 2.24) is 10.2 Å². The normalized spacial score (nSPS) is 16.4. The fraction of sp³-hybridized carbons (Fsp3) is 0.667. The van der Waals surface area contributed by atoms with Crippen molar-refractivity contribution in [3.05, 3.63) is 23.8 Å². The largest absolute Gasteiger partial charge is 0.493 e. The monoisotopic (exact) mass is 504 g/mol. The molecule has 1 atom stereocenters. The van der Waals surface area contributed by atoms with Gasteiger partial charge in [-0.3, -0.25) is 4.99 Å². The first kappa shape index (κ1) is 24.8. The highest BCUT2D eigenvalue weighted by Gasteiger charge is 2.24. The topological polar surface area (TPSA) is 72.1 Å². The highest BCUT2D eigenvalue weighted by Crippen LogP contribution is 2.29. The molecule has 0 radical (unpaired) electrons. The predicted molar refractivity (Wildman–Crippen MR) is 127 cm³/mol. The van der Waals surface area contributed by atoms with Crippen LogP contribution in [0.5, 0.6) is 11.5 Å². The van der Waals surface area contributed by atoms with Gasteiger partial charge >= 0.3 is 0 Å². The van der Waals surface area contributed by atoms with Gasteiger partial charge in [-0.05, 0) is 57.0 Å². The maximum absolute atomic E-state index is 6.09. The first-order chi connectivity index (χ1) is 13.0. The minimum absolute atomic E-state index is 0. The standard InChI is InChI=1S/C21H36N4O2.HI/c1-25(2)18(17-8-6-5-7-9-17)15-24-21(22)23-13-12-16-10-11-19(26-3)20(14-16)27-4;/h10-11,14,17-18H,5-9,12-13,15H2,1-4H3,(H3,22,23,24);1H. The van der Waals surface area contributed by atoms with E-state index in [9.17, 15) is 0 Å². The van der Waals surface area contributed by atoms with Crippen molar-refractivity contribution in [3.63, 3.8) is 0 Å². The number of hydrogen-bond acceptors (Lipinski definition) is 4.